The van der Waals surface area contributed by atoms with Gasteiger partial charge in [0, 0.05) is 33.2 Å². The van der Waals surface area contributed by atoms with E-state index >= 15 is 0 Å². The summed E-state index contributed by atoms with van der Waals surface area (Å²) in [5.41, 5.74) is 21.3. The summed E-state index contributed by atoms with van der Waals surface area (Å²) < 4.78 is 2.41. The predicted molar refractivity (Wildman–Crippen MR) is 276 cm³/mol. The van der Waals surface area contributed by atoms with Gasteiger partial charge in [0.25, 0.3) is 0 Å². The number of rotatable bonds is 7. The SMILES string of the molecule is CC1(C)c2cccc(-c3ccccc3)c2-c2c(-c3cccc(-n4c5ccccc5c5ccccc54)c3)cccc21.c1ccc(-c2ccc(Nc3ccc(-c4ccccc4)cc3)cc2)cc1. The highest BCUT2D eigenvalue weighted by Gasteiger charge is 2.38. The molecule has 0 atom stereocenters. The summed E-state index contributed by atoms with van der Waals surface area (Å²) in [4.78, 5) is 0. The van der Waals surface area contributed by atoms with Gasteiger partial charge >= 0.3 is 0 Å². The fraction of sp³-hybridized carbons (Fsp3) is 0.0476. The molecule has 0 spiro atoms. The quantitative estimate of drug-likeness (QED) is 0.169. The van der Waals surface area contributed by atoms with E-state index in [1.165, 1.54) is 94.3 Å². The first-order chi connectivity index (χ1) is 32.0. The van der Waals surface area contributed by atoms with Crippen LogP contribution in [-0.2, 0) is 5.41 Å². The zero-order valence-electron chi connectivity index (χ0n) is 36.6. The number of fused-ring (bicyclic) bond motifs is 6. The first-order valence-corrected chi connectivity index (χ1v) is 22.5. The predicted octanol–water partition coefficient (Wildman–Crippen LogP) is 17.2. The molecule has 0 fully saturated rings. The van der Waals surface area contributed by atoms with Crippen molar-refractivity contribution in [3.05, 3.63) is 260 Å². The second-order valence-corrected chi connectivity index (χ2v) is 17.4. The number of para-hydroxylation sites is 2. The fourth-order valence-corrected chi connectivity index (χ4v) is 9.86. The molecule has 0 radical (unpaired) electrons. The normalized spacial score (nSPS) is 12.3. The lowest BCUT2D eigenvalue weighted by Gasteiger charge is -2.22. The largest absolute Gasteiger partial charge is 0.356 e. The lowest BCUT2D eigenvalue weighted by atomic mass is 9.81. The van der Waals surface area contributed by atoms with Crippen molar-refractivity contribution in [1.82, 2.24) is 4.57 Å². The van der Waals surface area contributed by atoms with Crippen LogP contribution in [0.15, 0.2) is 249 Å². The second-order valence-electron chi connectivity index (χ2n) is 17.4. The Morgan fingerprint density at radius 2 is 0.708 bits per heavy atom. The van der Waals surface area contributed by atoms with E-state index in [1.54, 1.807) is 0 Å². The smallest absolute Gasteiger partial charge is 0.0541 e. The van der Waals surface area contributed by atoms with E-state index in [0.717, 1.165) is 11.4 Å². The minimum absolute atomic E-state index is 0.0735. The molecule has 0 saturated carbocycles. The Balaban J connectivity index is 0.000000161. The zero-order valence-corrected chi connectivity index (χ0v) is 36.6. The lowest BCUT2D eigenvalue weighted by Crippen LogP contribution is -2.14. The van der Waals surface area contributed by atoms with Crippen LogP contribution in [0, 0.1) is 0 Å². The van der Waals surface area contributed by atoms with Gasteiger partial charge in [-0.15, -0.1) is 0 Å². The van der Waals surface area contributed by atoms with Crippen molar-refractivity contribution >= 4 is 33.2 Å². The summed E-state index contributed by atoms with van der Waals surface area (Å²) in [5.74, 6) is 0. The summed E-state index contributed by atoms with van der Waals surface area (Å²) >= 11 is 0. The molecule has 11 aromatic rings. The molecule has 0 unspecified atom stereocenters. The maximum atomic E-state index is 3.46. The number of aromatic nitrogens is 1. The number of nitrogens with one attached hydrogen (secondary N) is 1. The van der Waals surface area contributed by atoms with Gasteiger partial charge in [-0.2, -0.15) is 0 Å². The van der Waals surface area contributed by atoms with Crippen LogP contribution in [-0.4, -0.2) is 4.57 Å². The standard InChI is InChI=1S/C39H29N.C24H19N/c1-39(2)33-21-11-19-29(26-13-4-3-5-14-26)37(33)38-30(20-12-22-34(38)39)27-15-10-16-28(25-27)40-35-23-8-6-17-31(35)32-18-7-9-24-36(32)40;1-3-7-19(8-4-1)21-11-15-23(16-12-21)25-24-17-13-22(14-18-24)20-9-5-2-6-10-20/h3-25H,1-2H3;1-18,25H. The molecule has 12 rings (SSSR count). The van der Waals surface area contributed by atoms with Gasteiger partial charge in [0.15, 0.2) is 0 Å². The van der Waals surface area contributed by atoms with E-state index in [9.17, 15) is 0 Å². The van der Waals surface area contributed by atoms with Gasteiger partial charge in [0.1, 0.15) is 0 Å². The number of benzene rings is 10. The summed E-state index contributed by atoms with van der Waals surface area (Å²) in [7, 11) is 0. The van der Waals surface area contributed by atoms with E-state index in [0.29, 0.717) is 0 Å². The van der Waals surface area contributed by atoms with Crippen LogP contribution >= 0.6 is 0 Å². The molecule has 1 aromatic heterocycles. The Labute approximate surface area is 381 Å². The highest BCUT2D eigenvalue weighted by molar-refractivity contribution is 6.09. The van der Waals surface area contributed by atoms with E-state index in [-0.39, 0.29) is 5.41 Å². The van der Waals surface area contributed by atoms with Crippen LogP contribution in [0.25, 0.3) is 83.1 Å². The van der Waals surface area contributed by atoms with Crippen LogP contribution in [0.1, 0.15) is 25.0 Å². The van der Waals surface area contributed by atoms with E-state index in [4.69, 9.17) is 0 Å². The topological polar surface area (TPSA) is 17.0 Å². The molecule has 65 heavy (non-hydrogen) atoms. The van der Waals surface area contributed by atoms with Crippen LogP contribution in [0.4, 0.5) is 11.4 Å². The maximum Gasteiger partial charge on any atom is 0.0541 e. The number of anilines is 2. The van der Waals surface area contributed by atoms with E-state index in [1.807, 2.05) is 12.1 Å². The Kier molecular flexibility index (Phi) is 10.3. The molecule has 0 amide bonds. The van der Waals surface area contributed by atoms with Crippen LogP contribution in [0.2, 0.25) is 0 Å². The highest BCUT2D eigenvalue weighted by atomic mass is 15.0. The third-order valence-electron chi connectivity index (χ3n) is 13.1. The van der Waals surface area contributed by atoms with Crippen molar-refractivity contribution in [2.45, 2.75) is 19.3 Å². The molecule has 0 aliphatic heterocycles. The first kappa shape index (κ1) is 39.6. The third-order valence-corrected chi connectivity index (χ3v) is 13.1. The number of hydrogen-bond donors (Lipinski definition) is 1. The number of nitrogens with zero attached hydrogens (tertiary/aromatic N) is 1. The minimum atomic E-state index is -0.0735. The zero-order chi connectivity index (χ0) is 43.7. The molecule has 0 bridgehead atoms. The molecule has 2 heteroatoms. The molecule has 1 heterocycles. The average Bonchev–Trinajstić information content (AvgIpc) is 3.84. The van der Waals surface area contributed by atoms with Gasteiger partial charge in [-0.25, -0.2) is 0 Å². The molecule has 10 aromatic carbocycles. The van der Waals surface area contributed by atoms with Gasteiger partial charge in [-0.1, -0.05) is 214 Å². The van der Waals surface area contributed by atoms with Crippen LogP contribution in [0.5, 0.6) is 0 Å². The maximum absolute atomic E-state index is 3.46. The Morgan fingerprint density at radius 1 is 0.323 bits per heavy atom. The molecular weight excluding hydrogens is 785 g/mol. The van der Waals surface area contributed by atoms with Gasteiger partial charge in [0.05, 0.1) is 11.0 Å². The van der Waals surface area contributed by atoms with Crippen LogP contribution in [0.3, 0.4) is 0 Å². The van der Waals surface area contributed by atoms with Crippen molar-refractivity contribution < 1.29 is 0 Å². The summed E-state index contributed by atoms with van der Waals surface area (Å²) in [6, 6.07) is 89.0. The highest BCUT2D eigenvalue weighted by Crippen LogP contribution is 2.55. The average molecular weight is 833 g/mol. The summed E-state index contributed by atoms with van der Waals surface area (Å²) in [5, 5.41) is 6.03. The fourth-order valence-electron chi connectivity index (χ4n) is 9.86. The van der Waals surface area contributed by atoms with Gasteiger partial charge < -0.3 is 9.88 Å². The lowest BCUT2D eigenvalue weighted by molar-refractivity contribution is 0.660. The monoisotopic (exact) mass is 832 g/mol. The van der Waals surface area contributed by atoms with Gasteiger partial charge in [-0.3, -0.25) is 0 Å². The molecule has 310 valence electrons. The van der Waals surface area contributed by atoms with Crippen molar-refractivity contribution in [3.63, 3.8) is 0 Å². The van der Waals surface area contributed by atoms with E-state index in [2.05, 4.69) is 260 Å². The van der Waals surface area contributed by atoms with Crippen molar-refractivity contribution in [3.8, 4) is 61.3 Å². The Bertz CT molecular complexity index is 3300. The molecule has 1 aliphatic rings. The molecule has 0 saturated heterocycles. The van der Waals surface area contributed by atoms with Crippen molar-refractivity contribution in [2.75, 3.05) is 5.32 Å². The Morgan fingerprint density at radius 3 is 1.20 bits per heavy atom. The van der Waals surface area contributed by atoms with Crippen molar-refractivity contribution in [2.24, 2.45) is 0 Å². The van der Waals surface area contributed by atoms with Gasteiger partial charge in [-0.05, 0) is 115 Å². The minimum Gasteiger partial charge on any atom is -0.356 e. The van der Waals surface area contributed by atoms with E-state index < -0.39 is 0 Å². The first-order valence-electron chi connectivity index (χ1n) is 22.5. The third kappa shape index (κ3) is 7.39. The molecule has 1 aliphatic carbocycles. The molecule has 2 nitrogen and oxygen atoms in total. The number of hydrogen-bond acceptors (Lipinski definition) is 1. The summed E-state index contributed by atoms with van der Waals surface area (Å²) in [6.07, 6.45) is 0. The molecule has 1 N–H and O–H groups in total. The van der Waals surface area contributed by atoms with Crippen molar-refractivity contribution in [1.29, 1.82) is 0 Å². The second kappa shape index (κ2) is 16.8. The van der Waals surface area contributed by atoms with Crippen LogP contribution < -0.4 is 5.32 Å². The van der Waals surface area contributed by atoms with Gasteiger partial charge in [0.2, 0.25) is 0 Å². The summed E-state index contributed by atoms with van der Waals surface area (Å²) in [6.45, 7) is 4.73. The Hall–Kier alpha value is -8.20. The molecular formula is C63H48N2.